The van der Waals surface area contributed by atoms with Crippen LogP contribution in [0.4, 0.5) is 11.4 Å². The summed E-state index contributed by atoms with van der Waals surface area (Å²) in [7, 11) is 0. The first-order chi connectivity index (χ1) is 21.9. The summed E-state index contributed by atoms with van der Waals surface area (Å²) in [6, 6.07) is 8.71. The fraction of sp³-hybridized carbons (Fsp3) is 0.455. The van der Waals surface area contributed by atoms with Crippen molar-refractivity contribution < 1.29 is 19.2 Å². The number of benzene rings is 1. The lowest BCUT2D eigenvalue weighted by atomic mass is 9.80. The third kappa shape index (κ3) is 5.06. The third-order valence-electron chi connectivity index (χ3n) is 9.84. The fourth-order valence-electron chi connectivity index (χ4n) is 7.12. The van der Waals surface area contributed by atoms with Crippen LogP contribution >= 0.6 is 0 Å². The molecule has 12 nitrogen and oxygen atoms in total. The average molecular weight is 609 g/mol. The number of carbonyl (C=O) groups excluding carboxylic acids is 4. The Morgan fingerprint density at radius 2 is 1.73 bits per heavy atom. The number of hydrogen-bond donors (Lipinski definition) is 3. The maximum Gasteiger partial charge on any atom is 0.262 e. The lowest BCUT2D eigenvalue weighted by molar-refractivity contribution is -0.136. The Morgan fingerprint density at radius 1 is 0.933 bits per heavy atom. The van der Waals surface area contributed by atoms with Gasteiger partial charge in [0.15, 0.2) is 0 Å². The largest absolute Gasteiger partial charge is 0.385 e. The third-order valence-corrected chi connectivity index (χ3v) is 9.84. The predicted octanol–water partition coefficient (Wildman–Crippen LogP) is 2.70. The van der Waals surface area contributed by atoms with Gasteiger partial charge in [-0.15, -0.1) is 0 Å². The lowest BCUT2D eigenvalue weighted by Gasteiger charge is -2.35. The summed E-state index contributed by atoms with van der Waals surface area (Å²) in [5.74, 6) is -1.02. The van der Waals surface area contributed by atoms with Gasteiger partial charge in [0.1, 0.15) is 6.04 Å². The molecule has 3 N–H and O–H groups in total. The second kappa shape index (κ2) is 11.1. The molecule has 3 aliphatic heterocycles. The van der Waals surface area contributed by atoms with Gasteiger partial charge in [0.25, 0.3) is 11.8 Å². The maximum atomic E-state index is 13.2. The molecule has 1 atom stereocenters. The van der Waals surface area contributed by atoms with Crippen LogP contribution in [0, 0.1) is 5.92 Å². The normalized spacial score (nSPS) is 24.8. The van der Waals surface area contributed by atoms with Crippen LogP contribution in [0.2, 0.25) is 0 Å². The topological polar surface area (TPSA) is 142 Å². The number of aromatic nitrogens is 3. The minimum Gasteiger partial charge on any atom is -0.385 e. The molecule has 4 amide bonds. The van der Waals surface area contributed by atoms with E-state index in [1.165, 1.54) is 24.2 Å². The van der Waals surface area contributed by atoms with E-state index in [0.29, 0.717) is 17.9 Å². The van der Waals surface area contributed by atoms with Gasteiger partial charge in [-0.25, -0.2) is 0 Å². The molecule has 1 aromatic carbocycles. The van der Waals surface area contributed by atoms with E-state index in [1.807, 2.05) is 12.3 Å². The number of nitrogens with zero attached hydrogens (tertiary/aromatic N) is 5. The SMILES string of the molecule is O=C1CCC(N2C(=O)c3ccc(NCC4CC(n5cc(-c6ncccc6N6CCNCC6)c(C6CC6)n5)C4)cc3C2=O)C(=O)N1. The summed E-state index contributed by atoms with van der Waals surface area (Å²) < 4.78 is 2.17. The predicted molar refractivity (Wildman–Crippen MR) is 166 cm³/mol. The van der Waals surface area contributed by atoms with Gasteiger partial charge in [0.05, 0.1) is 34.2 Å². The Labute approximate surface area is 260 Å². The Kier molecular flexibility index (Phi) is 6.89. The minimum absolute atomic E-state index is 0.0987. The first-order valence-corrected chi connectivity index (χ1v) is 16.0. The van der Waals surface area contributed by atoms with Crippen LogP contribution in [0.15, 0.2) is 42.7 Å². The van der Waals surface area contributed by atoms with Gasteiger partial charge < -0.3 is 15.5 Å². The van der Waals surface area contributed by atoms with Crippen LogP contribution in [-0.2, 0) is 9.59 Å². The molecule has 45 heavy (non-hydrogen) atoms. The number of fused-ring (bicyclic) bond motifs is 1. The monoisotopic (exact) mass is 608 g/mol. The van der Waals surface area contributed by atoms with Crippen molar-refractivity contribution in [1.29, 1.82) is 0 Å². The molecule has 0 radical (unpaired) electrons. The molecule has 12 heteroatoms. The molecule has 5 aliphatic rings. The Bertz CT molecular complexity index is 1700. The van der Waals surface area contributed by atoms with Crippen molar-refractivity contribution in [3.63, 3.8) is 0 Å². The van der Waals surface area contributed by atoms with E-state index in [-0.39, 0.29) is 29.9 Å². The summed E-state index contributed by atoms with van der Waals surface area (Å²) in [6.45, 7) is 4.62. The highest BCUT2D eigenvalue weighted by atomic mass is 16.2. The van der Waals surface area contributed by atoms with Crippen molar-refractivity contribution >= 4 is 35.0 Å². The van der Waals surface area contributed by atoms with E-state index in [1.54, 1.807) is 18.2 Å². The van der Waals surface area contributed by atoms with Crippen LogP contribution in [0.25, 0.3) is 11.3 Å². The first-order valence-electron chi connectivity index (χ1n) is 16.0. The van der Waals surface area contributed by atoms with Crippen LogP contribution in [0.3, 0.4) is 0 Å². The number of piperazine rings is 1. The number of hydrogen-bond acceptors (Lipinski definition) is 9. The highest BCUT2D eigenvalue weighted by molar-refractivity contribution is 6.23. The fourth-order valence-corrected chi connectivity index (χ4v) is 7.12. The molecular formula is C33H36N8O4. The molecule has 2 saturated heterocycles. The van der Waals surface area contributed by atoms with Crippen molar-refractivity contribution in [1.82, 2.24) is 30.3 Å². The van der Waals surface area contributed by atoms with Crippen LogP contribution in [0.5, 0.6) is 0 Å². The van der Waals surface area contributed by atoms with Crippen molar-refractivity contribution in [2.45, 2.75) is 56.5 Å². The smallest absolute Gasteiger partial charge is 0.262 e. The molecular weight excluding hydrogens is 572 g/mol. The number of carbonyl (C=O) groups is 4. The quantitative estimate of drug-likeness (QED) is 0.329. The van der Waals surface area contributed by atoms with Crippen LogP contribution < -0.4 is 20.9 Å². The first kappa shape index (κ1) is 27.9. The average Bonchev–Trinajstić information content (AvgIpc) is 3.74. The molecule has 0 spiro atoms. The number of imide groups is 2. The number of rotatable bonds is 8. The number of amides is 4. The van der Waals surface area contributed by atoms with Crippen molar-refractivity contribution in [3.8, 4) is 11.3 Å². The van der Waals surface area contributed by atoms with Gasteiger partial charge in [-0.1, -0.05) is 0 Å². The van der Waals surface area contributed by atoms with Crippen LogP contribution in [0.1, 0.15) is 76.9 Å². The Morgan fingerprint density at radius 3 is 2.51 bits per heavy atom. The molecule has 232 valence electrons. The lowest BCUT2D eigenvalue weighted by Crippen LogP contribution is -2.54. The van der Waals surface area contributed by atoms with E-state index >= 15 is 0 Å². The van der Waals surface area contributed by atoms with Crippen LogP contribution in [-0.4, -0.2) is 82.1 Å². The van der Waals surface area contributed by atoms with Gasteiger partial charge >= 0.3 is 0 Å². The van der Waals surface area contributed by atoms with E-state index < -0.39 is 23.8 Å². The van der Waals surface area contributed by atoms with E-state index in [2.05, 4.69) is 37.8 Å². The summed E-state index contributed by atoms with van der Waals surface area (Å²) >= 11 is 0. The molecule has 2 aliphatic carbocycles. The van der Waals surface area contributed by atoms with E-state index in [4.69, 9.17) is 10.1 Å². The standard InChI is InChI=1S/C33H36N8O4/c42-28-8-7-27(31(43)37-28)41-32(44)23-6-5-21(16-24(23)33(41)45)36-17-19-14-22(15-19)40-18-25(29(38-40)20-3-4-20)30-26(2-1-9-35-30)39-12-10-34-11-13-39/h1-2,5-6,9,16,18-20,22,27,34,36H,3-4,7-8,10-15,17H2,(H,37,42,43). The van der Waals surface area contributed by atoms with Gasteiger partial charge in [0, 0.05) is 68.7 Å². The number of nitrogens with one attached hydrogen (secondary N) is 3. The van der Waals surface area contributed by atoms with E-state index in [9.17, 15) is 19.2 Å². The van der Waals surface area contributed by atoms with Gasteiger partial charge in [0.2, 0.25) is 11.8 Å². The number of pyridine rings is 1. The maximum absolute atomic E-state index is 13.2. The van der Waals surface area contributed by atoms with Gasteiger partial charge in [-0.2, -0.15) is 5.10 Å². The zero-order chi connectivity index (χ0) is 30.7. The molecule has 3 aromatic rings. The molecule has 2 aromatic heterocycles. The minimum atomic E-state index is -0.965. The Hall–Kier alpha value is -4.58. The number of piperidine rings is 1. The molecule has 8 rings (SSSR count). The van der Waals surface area contributed by atoms with Gasteiger partial charge in [-0.05, 0) is 68.4 Å². The van der Waals surface area contributed by atoms with Crippen molar-refractivity contribution in [2.75, 3.05) is 42.9 Å². The summed E-state index contributed by atoms with van der Waals surface area (Å²) in [4.78, 5) is 58.4. The van der Waals surface area contributed by atoms with E-state index in [0.717, 1.165) is 67.4 Å². The van der Waals surface area contributed by atoms with Gasteiger partial charge in [-0.3, -0.25) is 39.1 Å². The summed E-state index contributed by atoms with van der Waals surface area (Å²) in [5, 5.41) is 14.2. The molecule has 2 saturated carbocycles. The highest BCUT2D eigenvalue weighted by Crippen LogP contribution is 2.47. The second-order valence-corrected chi connectivity index (χ2v) is 12.9. The zero-order valence-electron chi connectivity index (χ0n) is 25.0. The number of anilines is 2. The van der Waals surface area contributed by atoms with Crippen molar-refractivity contribution in [2.24, 2.45) is 5.92 Å². The van der Waals surface area contributed by atoms with Crippen molar-refractivity contribution in [3.05, 3.63) is 59.5 Å². The second-order valence-electron chi connectivity index (χ2n) is 12.9. The summed E-state index contributed by atoms with van der Waals surface area (Å²) in [5.41, 5.74) is 5.89. The highest BCUT2D eigenvalue weighted by Gasteiger charge is 2.44. The molecule has 1 unspecified atom stereocenters. The molecule has 4 fully saturated rings. The molecule has 5 heterocycles. The zero-order valence-corrected chi connectivity index (χ0v) is 25.0. The summed E-state index contributed by atoms with van der Waals surface area (Å²) in [6.07, 6.45) is 8.69. The molecule has 0 bridgehead atoms. The Balaban J connectivity index is 0.924.